The largest absolute Gasteiger partial charge is 0.361 e. The molecule has 1 aliphatic rings. The van der Waals surface area contributed by atoms with Gasteiger partial charge in [-0.15, -0.1) is 0 Å². The van der Waals surface area contributed by atoms with Crippen molar-refractivity contribution >= 4 is 11.8 Å². The van der Waals surface area contributed by atoms with Gasteiger partial charge in [0, 0.05) is 51.1 Å². The Bertz CT molecular complexity index is 744. The molecule has 0 N–H and O–H groups in total. The van der Waals surface area contributed by atoms with Gasteiger partial charge in [0.2, 0.25) is 5.91 Å². The van der Waals surface area contributed by atoms with Crippen LogP contribution in [0.3, 0.4) is 0 Å². The second kappa shape index (κ2) is 7.46. The molecule has 2 amide bonds. The van der Waals surface area contributed by atoms with Crippen LogP contribution in [0.4, 0.5) is 0 Å². The van der Waals surface area contributed by atoms with Gasteiger partial charge >= 0.3 is 0 Å². The maximum absolute atomic E-state index is 12.6. The molecule has 7 nitrogen and oxygen atoms in total. The highest BCUT2D eigenvalue weighted by Gasteiger charge is 2.30. The molecule has 3 rings (SSSR count). The molecule has 7 heteroatoms. The quantitative estimate of drug-likeness (QED) is 0.849. The van der Waals surface area contributed by atoms with Crippen LogP contribution in [-0.2, 0) is 11.3 Å². The summed E-state index contributed by atoms with van der Waals surface area (Å²) in [5, 5.41) is 3.81. The molecule has 0 aliphatic carbocycles. The summed E-state index contributed by atoms with van der Waals surface area (Å²) in [4.78, 5) is 32.5. The van der Waals surface area contributed by atoms with Gasteiger partial charge in [-0.25, -0.2) is 0 Å². The average Bonchev–Trinajstić information content (AvgIpc) is 3.06. The Labute approximate surface area is 146 Å². The van der Waals surface area contributed by atoms with E-state index in [2.05, 4.69) is 10.1 Å². The third-order valence-corrected chi connectivity index (χ3v) is 4.45. The summed E-state index contributed by atoms with van der Waals surface area (Å²) in [6.45, 7) is 5.00. The number of likely N-dealkylation sites (tertiary alicyclic amines) is 1. The van der Waals surface area contributed by atoms with E-state index in [0.29, 0.717) is 31.1 Å². The number of aromatic nitrogens is 2. The van der Waals surface area contributed by atoms with Gasteiger partial charge in [-0.1, -0.05) is 11.2 Å². The molecule has 132 valence electrons. The lowest BCUT2D eigenvalue weighted by Gasteiger charge is -2.38. The van der Waals surface area contributed by atoms with E-state index >= 15 is 0 Å². The summed E-state index contributed by atoms with van der Waals surface area (Å²) in [5.74, 6) is 0.464. The summed E-state index contributed by atoms with van der Waals surface area (Å²) >= 11 is 0. The van der Waals surface area contributed by atoms with Crippen LogP contribution in [-0.4, -0.2) is 50.9 Å². The number of hydrogen-bond acceptors (Lipinski definition) is 5. The molecular formula is C18H22N4O3. The third kappa shape index (κ3) is 4.04. The second-order valence-corrected chi connectivity index (χ2v) is 6.38. The van der Waals surface area contributed by atoms with Crippen LogP contribution < -0.4 is 0 Å². The molecule has 1 saturated heterocycles. The lowest BCUT2D eigenvalue weighted by Crippen LogP contribution is -2.51. The van der Waals surface area contributed by atoms with Crippen LogP contribution in [0.2, 0.25) is 0 Å². The van der Waals surface area contributed by atoms with Crippen LogP contribution in [0.5, 0.6) is 0 Å². The molecule has 0 saturated carbocycles. The minimum atomic E-state index is -0.147. The van der Waals surface area contributed by atoms with Gasteiger partial charge in [-0.05, 0) is 31.4 Å². The van der Waals surface area contributed by atoms with Gasteiger partial charge in [0.15, 0.2) is 5.69 Å². The molecule has 1 fully saturated rings. The first-order chi connectivity index (χ1) is 12.0. The van der Waals surface area contributed by atoms with E-state index in [9.17, 15) is 9.59 Å². The summed E-state index contributed by atoms with van der Waals surface area (Å²) in [6.07, 6.45) is 5.20. The molecule has 0 aromatic carbocycles. The lowest BCUT2D eigenvalue weighted by atomic mass is 10.0. The highest BCUT2D eigenvalue weighted by atomic mass is 16.5. The summed E-state index contributed by atoms with van der Waals surface area (Å²) in [5.41, 5.74) is 1.30. The first-order valence-corrected chi connectivity index (χ1v) is 8.43. The molecule has 0 spiro atoms. The number of rotatable bonds is 4. The number of aryl methyl sites for hydroxylation is 1. The fraction of sp³-hybridized carbons (Fsp3) is 0.444. The number of nitrogens with zero attached hydrogens (tertiary/aromatic N) is 4. The van der Waals surface area contributed by atoms with Crippen molar-refractivity contribution in [2.45, 2.75) is 39.3 Å². The minimum Gasteiger partial charge on any atom is -0.361 e. The third-order valence-electron chi connectivity index (χ3n) is 4.45. The van der Waals surface area contributed by atoms with Crippen molar-refractivity contribution in [3.63, 3.8) is 0 Å². The zero-order chi connectivity index (χ0) is 17.8. The maximum Gasteiger partial charge on any atom is 0.276 e. The normalized spacial score (nSPS) is 17.4. The van der Waals surface area contributed by atoms with Gasteiger partial charge < -0.3 is 14.3 Å². The average molecular weight is 342 g/mol. The smallest absolute Gasteiger partial charge is 0.276 e. The summed E-state index contributed by atoms with van der Waals surface area (Å²) in [6, 6.07) is 5.44. The van der Waals surface area contributed by atoms with Gasteiger partial charge in [-0.2, -0.15) is 0 Å². The van der Waals surface area contributed by atoms with Crippen LogP contribution >= 0.6 is 0 Å². The minimum absolute atomic E-state index is 0.000401. The van der Waals surface area contributed by atoms with Crippen molar-refractivity contribution in [1.82, 2.24) is 19.9 Å². The molecule has 0 radical (unpaired) electrons. The van der Waals surface area contributed by atoms with Crippen molar-refractivity contribution in [2.24, 2.45) is 0 Å². The fourth-order valence-corrected chi connectivity index (χ4v) is 3.21. The van der Waals surface area contributed by atoms with Crippen molar-refractivity contribution in [3.05, 3.63) is 47.6 Å². The Morgan fingerprint density at radius 1 is 1.44 bits per heavy atom. The van der Waals surface area contributed by atoms with Crippen molar-refractivity contribution in [3.8, 4) is 0 Å². The molecule has 1 aliphatic heterocycles. The topological polar surface area (TPSA) is 79.5 Å². The highest BCUT2D eigenvalue weighted by molar-refractivity contribution is 5.92. The van der Waals surface area contributed by atoms with E-state index in [0.717, 1.165) is 18.4 Å². The van der Waals surface area contributed by atoms with E-state index in [-0.39, 0.29) is 17.9 Å². The molecule has 25 heavy (non-hydrogen) atoms. The Morgan fingerprint density at radius 3 is 2.92 bits per heavy atom. The van der Waals surface area contributed by atoms with E-state index < -0.39 is 0 Å². The zero-order valence-corrected chi connectivity index (χ0v) is 14.5. The molecule has 1 atom stereocenters. The first kappa shape index (κ1) is 17.1. The fourth-order valence-electron chi connectivity index (χ4n) is 3.21. The van der Waals surface area contributed by atoms with Gasteiger partial charge in [0.05, 0.1) is 0 Å². The summed E-state index contributed by atoms with van der Waals surface area (Å²) in [7, 11) is 0. The predicted molar refractivity (Wildman–Crippen MR) is 90.6 cm³/mol. The second-order valence-electron chi connectivity index (χ2n) is 6.38. The number of pyridine rings is 1. The molecular weight excluding hydrogens is 320 g/mol. The Kier molecular flexibility index (Phi) is 5.11. The van der Waals surface area contributed by atoms with E-state index in [1.165, 1.54) is 0 Å². The monoisotopic (exact) mass is 342 g/mol. The number of amides is 2. The summed E-state index contributed by atoms with van der Waals surface area (Å²) < 4.78 is 5.00. The number of carbonyl (C=O) groups is 2. The van der Waals surface area contributed by atoms with Gasteiger partial charge in [0.1, 0.15) is 5.76 Å². The van der Waals surface area contributed by atoms with Gasteiger partial charge in [-0.3, -0.25) is 14.6 Å². The predicted octanol–water partition coefficient (Wildman–Crippen LogP) is 2.03. The molecule has 1 unspecified atom stereocenters. The van der Waals surface area contributed by atoms with Crippen molar-refractivity contribution in [1.29, 1.82) is 0 Å². The van der Waals surface area contributed by atoms with Gasteiger partial charge in [0.25, 0.3) is 5.91 Å². The Morgan fingerprint density at radius 2 is 2.28 bits per heavy atom. The van der Waals surface area contributed by atoms with E-state index in [1.54, 1.807) is 37.2 Å². The Hall–Kier alpha value is -2.70. The number of hydrogen-bond donors (Lipinski definition) is 0. The van der Waals surface area contributed by atoms with Crippen molar-refractivity contribution in [2.75, 3.05) is 13.1 Å². The van der Waals surface area contributed by atoms with Crippen LogP contribution in [0.25, 0.3) is 0 Å². The maximum atomic E-state index is 12.6. The molecule has 3 heterocycles. The van der Waals surface area contributed by atoms with E-state index in [4.69, 9.17) is 4.52 Å². The SMILES string of the molecule is CC(=O)N(Cc1cccnc1)C1CCCN(C(=O)c2cc(C)on2)C1. The number of piperidine rings is 1. The van der Waals surface area contributed by atoms with Crippen LogP contribution in [0.15, 0.2) is 35.1 Å². The number of carbonyl (C=O) groups excluding carboxylic acids is 2. The van der Waals surface area contributed by atoms with Crippen LogP contribution in [0.1, 0.15) is 41.6 Å². The molecule has 2 aromatic heterocycles. The van der Waals surface area contributed by atoms with Crippen LogP contribution in [0, 0.1) is 6.92 Å². The molecule has 0 bridgehead atoms. The zero-order valence-electron chi connectivity index (χ0n) is 14.5. The standard InChI is InChI=1S/C18H22N4O3/c1-13-9-17(20-25-13)18(24)21-8-4-6-16(12-21)22(14(2)23)11-15-5-3-7-19-10-15/h3,5,7,9-10,16H,4,6,8,11-12H2,1-2H3. The van der Waals surface area contributed by atoms with E-state index in [1.807, 2.05) is 17.0 Å². The first-order valence-electron chi connectivity index (χ1n) is 8.43. The Balaban J connectivity index is 1.71. The van der Waals surface area contributed by atoms with Crippen molar-refractivity contribution < 1.29 is 14.1 Å². The lowest BCUT2D eigenvalue weighted by molar-refractivity contribution is -0.132. The highest BCUT2D eigenvalue weighted by Crippen LogP contribution is 2.20. The molecule has 2 aromatic rings.